The maximum Gasteiger partial charge on any atom is 0.269 e. The molecule has 1 aromatic rings. The van der Waals surface area contributed by atoms with E-state index in [1.54, 1.807) is 6.92 Å². The molecule has 0 aliphatic heterocycles. The van der Waals surface area contributed by atoms with Gasteiger partial charge in [-0.05, 0) is 22.9 Å². The van der Waals surface area contributed by atoms with Crippen molar-refractivity contribution >= 4 is 33.4 Å². The summed E-state index contributed by atoms with van der Waals surface area (Å²) in [7, 11) is 0. The molecule has 1 N–H and O–H groups in total. The number of rotatable bonds is 3. The van der Waals surface area contributed by atoms with Gasteiger partial charge < -0.3 is 5.32 Å². The Labute approximate surface area is 99.6 Å². The quantitative estimate of drug-likeness (QED) is 0.839. The monoisotopic (exact) mass is 293 g/mol. The topological polar surface area (TPSA) is 64.0 Å². The number of nitrogens with zero attached hydrogens (tertiary/aromatic N) is 2. The van der Waals surface area contributed by atoms with Crippen molar-refractivity contribution in [3.05, 3.63) is 26.3 Å². The van der Waals surface area contributed by atoms with Crippen LogP contribution in [0, 0.1) is 0 Å². The first-order valence-electron chi connectivity index (χ1n) is 4.23. The van der Waals surface area contributed by atoms with Crippen LogP contribution in [0.1, 0.15) is 6.92 Å². The minimum absolute atomic E-state index is 0.0601. The molecule has 1 amide bonds. The predicted octanol–water partition coefficient (Wildman–Crippen LogP) is 0.795. The van der Waals surface area contributed by atoms with Crippen molar-refractivity contribution in [1.29, 1.82) is 0 Å². The van der Waals surface area contributed by atoms with E-state index in [0.717, 1.165) is 0 Å². The molecule has 0 aliphatic rings. The molecule has 0 fully saturated rings. The lowest BCUT2D eigenvalue weighted by atomic mass is 10.5. The van der Waals surface area contributed by atoms with E-state index in [1.165, 1.54) is 10.9 Å². The summed E-state index contributed by atoms with van der Waals surface area (Å²) in [6.45, 7) is 2.27. The standard InChI is InChI=1S/C8H9BrClN3O2/c1-2-11-5(14)3-13-4-12-7(10)6(9)8(13)15/h4H,2-3H2,1H3,(H,11,14). The summed E-state index contributed by atoms with van der Waals surface area (Å²) in [6, 6.07) is 0. The second-order valence-electron chi connectivity index (χ2n) is 2.74. The molecule has 7 heteroatoms. The number of halogens is 2. The van der Waals surface area contributed by atoms with Crippen molar-refractivity contribution < 1.29 is 4.79 Å². The van der Waals surface area contributed by atoms with E-state index in [2.05, 4.69) is 26.2 Å². The van der Waals surface area contributed by atoms with E-state index in [4.69, 9.17) is 11.6 Å². The summed E-state index contributed by atoms with van der Waals surface area (Å²) in [4.78, 5) is 26.5. The van der Waals surface area contributed by atoms with Gasteiger partial charge in [-0.2, -0.15) is 0 Å². The number of nitrogens with one attached hydrogen (secondary N) is 1. The van der Waals surface area contributed by atoms with Crippen LogP contribution in [0.3, 0.4) is 0 Å². The van der Waals surface area contributed by atoms with Crippen LogP contribution in [0.15, 0.2) is 15.6 Å². The minimum Gasteiger partial charge on any atom is -0.355 e. The van der Waals surface area contributed by atoms with Crippen molar-refractivity contribution in [3.8, 4) is 0 Å². The maximum absolute atomic E-state index is 11.5. The molecular formula is C8H9BrClN3O2. The molecule has 0 aromatic carbocycles. The Bertz CT molecular complexity index is 432. The summed E-state index contributed by atoms with van der Waals surface area (Å²) in [5.74, 6) is -0.240. The van der Waals surface area contributed by atoms with Gasteiger partial charge in [0.05, 0.1) is 6.33 Å². The Kier molecular flexibility index (Phi) is 4.28. The van der Waals surface area contributed by atoms with Gasteiger partial charge in [-0.15, -0.1) is 0 Å². The summed E-state index contributed by atoms with van der Waals surface area (Å²) < 4.78 is 1.34. The lowest BCUT2D eigenvalue weighted by Gasteiger charge is -2.05. The van der Waals surface area contributed by atoms with Gasteiger partial charge in [0.1, 0.15) is 11.0 Å². The zero-order valence-corrected chi connectivity index (χ0v) is 10.3. The highest BCUT2D eigenvalue weighted by Gasteiger charge is 2.09. The third-order valence-electron chi connectivity index (χ3n) is 1.63. The largest absolute Gasteiger partial charge is 0.355 e. The fourth-order valence-electron chi connectivity index (χ4n) is 0.964. The molecule has 0 saturated carbocycles. The van der Waals surface area contributed by atoms with E-state index in [1.807, 2.05) is 0 Å². The van der Waals surface area contributed by atoms with Crippen LogP contribution >= 0.6 is 27.5 Å². The van der Waals surface area contributed by atoms with E-state index in [0.29, 0.717) is 6.54 Å². The number of carbonyl (C=O) groups excluding carboxylic acids is 1. The van der Waals surface area contributed by atoms with Crippen LogP contribution in [0.4, 0.5) is 0 Å². The second kappa shape index (κ2) is 5.27. The van der Waals surface area contributed by atoms with Crippen LogP contribution in [-0.4, -0.2) is 22.0 Å². The fourth-order valence-corrected chi connectivity index (χ4v) is 1.42. The summed E-state index contributed by atoms with van der Waals surface area (Å²) in [6.07, 6.45) is 1.24. The maximum atomic E-state index is 11.5. The summed E-state index contributed by atoms with van der Waals surface area (Å²) >= 11 is 8.61. The molecule has 0 aliphatic carbocycles. The van der Waals surface area contributed by atoms with E-state index >= 15 is 0 Å². The number of aromatic nitrogens is 2. The van der Waals surface area contributed by atoms with Crippen molar-refractivity contribution in [2.45, 2.75) is 13.5 Å². The highest BCUT2D eigenvalue weighted by molar-refractivity contribution is 9.10. The number of likely N-dealkylation sites (N-methyl/N-ethyl adjacent to an activating group) is 1. The van der Waals surface area contributed by atoms with Crippen molar-refractivity contribution in [2.24, 2.45) is 0 Å². The molecule has 82 valence electrons. The minimum atomic E-state index is -0.374. The Morgan fingerprint density at radius 2 is 2.40 bits per heavy atom. The zero-order chi connectivity index (χ0) is 11.4. The number of hydrogen-bond donors (Lipinski definition) is 1. The predicted molar refractivity (Wildman–Crippen MR) is 59.9 cm³/mol. The average molecular weight is 295 g/mol. The third kappa shape index (κ3) is 3.04. The third-order valence-corrected chi connectivity index (χ3v) is 2.86. The Morgan fingerprint density at radius 1 is 1.73 bits per heavy atom. The molecular weight excluding hydrogens is 285 g/mol. The Balaban J connectivity index is 2.92. The van der Waals surface area contributed by atoms with Crippen LogP contribution in [0.2, 0.25) is 5.15 Å². The smallest absolute Gasteiger partial charge is 0.269 e. The SMILES string of the molecule is CCNC(=O)Cn1cnc(Cl)c(Br)c1=O. The first-order valence-corrected chi connectivity index (χ1v) is 5.40. The lowest BCUT2D eigenvalue weighted by molar-refractivity contribution is -0.121. The van der Waals surface area contributed by atoms with Crippen LogP contribution in [0.5, 0.6) is 0 Å². The highest BCUT2D eigenvalue weighted by atomic mass is 79.9. The number of hydrogen-bond acceptors (Lipinski definition) is 3. The van der Waals surface area contributed by atoms with Crippen molar-refractivity contribution in [1.82, 2.24) is 14.9 Å². The van der Waals surface area contributed by atoms with Gasteiger partial charge in [-0.1, -0.05) is 11.6 Å². The lowest BCUT2D eigenvalue weighted by Crippen LogP contribution is -2.32. The van der Waals surface area contributed by atoms with Crippen LogP contribution in [0.25, 0.3) is 0 Å². The molecule has 1 rings (SSSR count). The highest BCUT2D eigenvalue weighted by Crippen LogP contribution is 2.13. The normalized spacial score (nSPS) is 10.1. The molecule has 0 radical (unpaired) electrons. The second-order valence-corrected chi connectivity index (χ2v) is 3.89. The number of amides is 1. The van der Waals surface area contributed by atoms with Crippen molar-refractivity contribution in [2.75, 3.05) is 6.54 Å². The van der Waals surface area contributed by atoms with E-state index in [-0.39, 0.29) is 27.6 Å². The Morgan fingerprint density at radius 3 is 3.00 bits per heavy atom. The van der Waals surface area contributed by atoms with Gasteiger partial charge in [-0.25, -0.2) is 4.98 Å². The molecule has 1 heterocycles. The van der Waals surface area contributed by atoms with Gasteiger partial charge in [0.15, 0.2) is 5.15 Å². The van der Waals surface area contributed by atoms with E-state index in [9.17, 15) is 9.59 Å². The van der Waals surface area contributed by atoms with Gasteiger partial charge in [0, 0.05) is 6.54 Å². The zero-order valence-electron chi connectivity index (χ0n) is 7.96. The number of carbonyl (C=O) groups is 1. The first-order chi connectivity index (χ1) is 7.06. The summed E-state index contributed by atoms with van der Waals surface area (Å²) in [5.41, 5.74) is -0.374. The molecule has 15 heavy (non-hydrogen) atoms. The van der Waals surface area contributed by atoms with Gasteiger partial charge in [0.2, 0.25) is 5.91 Å². The first kappa shape index (κ1) is 12.2. The van der Waals surface area contributed by atoms with Gasteiger partial charge in [0.25, 0.3) is 5.56 Å². The van der Waals surface area contributed by atoms with Gasteiger partial charge >= 0.3 is 0 Å². The molecule has 0 atom stereocenters. The molecule has 0 saturated heterocycles. The average Bonchev–Trinajstić information content (AvgIpc) is 2.20. The molecule has 0 spiro atoms. The van der Waals surface area contributed by atoms with Crippen LogP contribution in [-0.2, 0) is 11.3 Å². The van der Waals surface area contributed by atoms with E-state index < -0.39 is 0 Å². The van der Waals surface area contributed by atoms with Gasteiger partial charge in [-0.3, -0.25) is 14.2 Å². The molecule has 5 nitrogen and oxygen atoms in total. The fraction of sp³-hybridized carbons (Fsp3) is 0.375. The van der Waals surface area contributed by atoms with Crippen LogP contribution < -0.4 is 10.9 Å². The molecule has 0 unspecified atom stereocenters. The summed E-state index contributed by atoms with van der Waals surface area (Å²) in [5, 5.41) is 2.67. The molecule has 1 aromatic heterocycles. The van der Waals surface area contributed by atoms with Crippen molar-refractivity contribution in [3.63, 3.8) is 0 Å². The molecule has 0 bridgehead atoms. The Hall–Kier alpha value is -0.880.